The fourth-order valence-corrected chi connectivity index (χ4v) is 2.71. The number of hydrogen-bond donors (Lipinski definition) is 2. The lowest BCUT2D eigenvalue weighted by Gasteiger charge is -2.19. The Hall–Kier alpha value is -2.96. The highest BCUT2D eigenvalue weighted by Crippen LogP contribution is 2.33. The molecule has 0 aliphatic heterocycles. The zero-order chi connectivity index (χ0) is 16.2. The van der Waals surface area contributed by atoms with E-state index < -0.39 is 0 Å². The quantitative estimate of drug-likeness (QED) is 0.563. The van der Waals surface area contributed by atoms with Crippen LogP contribution in [0.5, 0.6) is 0 Å². The van der Waals surface area contributed by atoms with Crippen molar-refractivity contribution in [2.45, 2.75) is 26.3 Å². The molecular weight excluding hydrogens is 290 g/mol. The van der Waals surface area contributed by atoms with E-state index in [1.165, 1.54) is 6.33 Å². The Labute approximate surface area is 132 Å². The summed E-state index contributed by atoms with van der Waals surface area (Å²) >= 11 is 0. The van der Waals surface area contributed by atoms with Crippen LogP contribution in [0.2, 0.25) is 0 Å². The van der Waals surface area contributed by atoms with E-state index in [4.69, 9.17) is 10.8 Å². The van der Waals surface area contributed by atoms with Gasteiger partial charge in [-0.3, -0.25) is 4.98 Å². The number of aromatic amines is 1. The lowest BCUT2D eigenvalue weighted by atomic mass is 10.1. The summed E-state index contributed by atoms with van der Waals surface area (Å²) in [5, 5.41) is 5.52. The van der Waals surface area contributed by atoms with Crippen LogP contribution in [0.4, 0.5) is 5.82 Å². The minimum absolute atomic E-state index is 0.221. The van der Waals surface area contributed by atoms with Gasteiger partial charge < -0.3 is 10.7 Å². The molecule has 0 unspecified atom stereocenters. The molecule has 4 aromatic rings. The third-order valence-electron chi connectivity index (χ3n) is 3.77. The highest BCUT2D eigenvalue weighted by Gasteiger charge is 2.24. The number of fused-ring (bicyclic) bond motifs is 2. The van der Waals surface area contributed by atoms with E-state index in [1.807, 2.05) is 22.9 Å². The topological polar surface area (TPSA) is 98.3 Å². The highest BCUT2D eigenvalue weighted by molar-refractivity contribution is 5.99. The molecule has 4 aromatic heterocycles. The third-order valence-corrected chi connectivity index (χ3v) is 3.77. The van der Waals surface area contributed by atoms with Crippen molar-refractivity contribution in [2.75, 3.05) is 5.73 Å². The van der Waals surface area contributed by atoms with Crippen molar-refractivity contribution in [1.82, 2.24) is 29.7 Å². The Balaban J connectivity index is 2.07. The number of pyridine rings is 1. The van der Waals surface area contributed by atoms with Crippen LogP contribution in [0.3, 0.4) is 0 Å². The summed E-state index contributed by atoms with van der Waals surface area (Å²) in [7, 11) is 0. The van der Waals surface area contributed by atoms with Crippen LogP contribution in [-0.4, -0.2) is 29.7 Å². The molecule has 23 heavy (non-hydrogen) atoms. The van der Waals surface area contributed by atoms with Crippen molar-refractivity contribution in [3.8, 4) is 11.4 Å². The molecule has 0 radical (unpaired) electrons. The molecule has 0 saturated heterocycles. The predicted molar refractivity (Wildman–Crippen MR) is 89.8 cm³/mol. The normalized spacial score (nSPS) is 12.3. The molecule has 7 nitrogen and oxygen atoms in total. The van der Waals surface area contributed by atoms with Crippen molar-refractivity contribution in [3.05, 3.63) is 30.7 Å². The Kier molecular flexibility index (Phi) is 2.69. The van der Waals surface area contributed by atoms with E-state index in [-0.39, 0.29) is 5.54 Å². The molecule has 7 heteroatoms. The summed E-state index contributed by atoms with van der Waals surface area (Å²) in [5.41, 5.74) is 10.1. The maximum Gasteiger partial charge on any atom is 0.164 e. The molecule has 4 heterocycles. The maximum absolute atomic E-state index is 6.11. The van der Waals surface area contributed by atoms with Gasteiger partial charge in [0.2, 0.25) is 0 Å². The maximum atomic E-state index is 6.11. The molecular formula is C16H17N7. The Morgan fingerprint density at radius 1 is 1.17 bits per heavy atom. The van der Waals surface area contributed by atoms with Gasteiger partial charge in [0, 0.05) is 6.20 Å². The van der Waals surface area contributed by atoms with E-state index in [9.17, 15) is 0 Å². The van der Waals surface area contributed by atoms with E-state index >= 15 is 0 Å². The minimum Gasteiger partial charge on any atom is -0.383 e. The predicted octanol–water partition coefficient (Wildman–Crippen LogP) is 2.71. The summed E-state index contributed by atoms with van der Waals surface area (Å²) in [6.07, 6.45) is 3.24. The third kappa shape index (κ3) is 2.04. The van der Waals surface area contributed by atoms with Gasteiger partial charge in [0.25, 0.3) is 0 Å². The number of hydrogen-bond acceptors (Lipinski definition) is 5. The molecule has 0 aromatic carbocycles. The van der Waals surface area contributed by atoms with Crippen molar-refractivity contribution in [2.24, 2.45) is 0 Å². The fourth-order valence-electron chi connectivity index (χ4n) is 2.71. The van der Waals surface area contributed by atoms with Crippen LogP contribution in [0.25, 0.3) is 33.5 Å². The summed E-state index contributed by atoms with van der Waals surface area (Å²) in [6.45, 7) is 6.23. The second-order valence-corrected chi connectivity index (χ2v) is 6.51. The lowest BCUT2D eigenvalue weighted by molar-refractivity contribution is 0.366. The SMILES string of the molecule is CC(C)(C)n1nc(-c2cc3ncccc3[nH]2)c2c(N)ncnc21. The molecule has 0 aliphatic rings. The average molecular weight is 307 g/mol. The summed E-state index contributed by atoms with van der Waals surface area (Å²) in [5.74, 6) is 0.423. The second-order valence-electron chi connectivity index (χ2n) is 6.51. The number of nitrogens with one attached hydrogen (secondary N) is 1. The number of rotatable bonds is 1. The molecule has 0 atom stereocenters. The van der Waals surface area contributed by atoms with Crippen LogP contribution < -0.4 is 5.73 Å². The smallest absolute Gasteiger partial charge is 0.164 e. The number of aromatic nitrogens is 6. The van der Waals surface area contributed by atoms with Gasteiger partial charge in [-0.15, -0.1) is 0 Å². The zero-order valence-electron chi connectivity index (χ0n) is 13.2. The lowest BCUT2D eigenvalue weighted by Crippen LogP contribution is -2.23. The van der Waals surface area contributed by atoms with Crippen LogP contribution in [0.15, 0.2) is 30.7 Å². The minimum atomic E-state index is -0.221. The number of anilines is 1. The highest BCUT2D eigenvalue weighted by atomic mass is 15.3. The zero-order valence-corrected chi connectivity index (χ0v) is 13.2. The van der Waals surface area contributed by atoms with Gasteiger partial charge in [0.15, 0.2) is 5.65 Å². The summed E-state index contributed by atoms with van der Waals surface area (Å²) in [6, 6.07) is 5.84. The van der Waals surface area contributed by atoms with Gasteiger partial charge in [0.05, 0.1) is 27.7 Å². The monoisotopic (exact) mass is 307 g/mol. The van der Waals surface area contributed by atoms with Gasteiger partial charge in [-0.05, 0) is 39.0 Å². The Morgan fingerprint density at radius 2 is 2.00 bits per heavy atom. The standard InChI is InChI=1S/C16H17N7/c1-16(2,3)23-15-12(14(17)19-8-20-15)13(22-23)11-7-10-9(21-11)5-4-6-18-10/h4-8,21H,1-3H3,(H2,17,19,20). The molecule has 0 spiro atoms. The first-order valence-corrected chi connectivity index (χ1v) is 7.39. The van der Waals surface area contributed by atoms with Crippen molar-refractivity contribution < 1.29 is 0 Å². The van der Waals surface area contributed by atoms with Gasteiger partial charge in [-0.2, -0.15) is 5.10 Å². The van der Waals surface area contributed by atoms with Gasteiger partial charge >= 0.3 is 0 Å². The number of nitrogen functional groups attached to an aromatic ring is 1. The molecule has 0 fully saturated rings. The van der Waals surface area contributed by atoms with Gasteiger partial charge in [-0.25, -0.2) is 14.6 Å². The van der Waals surface area contributed by atoms with Gasteiger partial charge in [0.1, 0.15) is 17.8 Å². The number of nitrogens with two attached hydrogens (primary N) is 1. The van der Waals surface area contributed by atoms with Crippen LogP contribution in [0, 0.1) is 0 Å². The largest absolute Gasteiger partial charge is 0.383 e. The van der Waals surface area contributed by atoms with E-state index in [0.717, 1.165) is 33.5 Å². The Morgan fingerprint density at radius 3 is 2.74 bits per heavy atom. The van der Waals surface area contributed by atoms with Gasteiger partial charge in [-0.1, -0.05) is 0 Å². The first-order valence-electron chi connectivity index (χ1n) is 7.39. The Bertz CT molecular complexity index is 987. The second kappa shape index (κ2) is 4.52. The van der Waals surface area contributed by atoms with Crippen molar-refractivity contribution in [3.63, 3.8) is 0 Å². The van der Waals surface area contributed by atoms with Crippen molar-refractivity contribution >= 4 is 27.9 Å². The first kappa shape index (κ1) is 13.7. The van der Waals surface area contributed by atoms with Crippen LogP contribution in [0.1, 0.15) is 20.8 Å². The summed E-state index contributed by atoms with van der Waals surface area (Å²) in [4.78, 5) is 16.2. The molecule has 4 rings (SSSR count). The molecule has 0 amide bonds. The first-order chi connectivity index (χ1) is 10.9. The molecule has 3 N–H and O–H groups in total. The average Bonchev–Trinajstić information content (AvgIpc) is 3.08. The van der Waals surface area contributed by atoms with Crippen LogP contribution >= 0.6 is 0 Å². The van der Waals surface area contributed by atoms with Crippen LogP contribution in [-0.2, 0) is 5.54 Å². The molecule has 0 saturated carbocycles. The molecule has 0 aliphatic carbocycles. The van der Waals surface area contributed by atoms with Crippen molar-refractivity contribution in [1.29, 1.82) is 0 Å². The summed E-state index contributed by atoms with van der Waals surface area (Å²) < 4.78 is 1.88. The van der Waals surface area contributed by atoms with E-state index in [1.54, 1.807) is 6.20 Å². The number of H-pyrrole nitrogens is 1. The molecule has 0 bridgehead atoms. The van der Waals surface area contributed by atoms with E-state index in [0.29, 0.717) is 5.82 Å². The molecule has 116 valence electrons. The fraction of sp³-hybridized carbons (Fsp3) is 0.250. The van der Waals surface area contributed by atoms with E-state index in [2.05, 4.69) is 40.7 Å². The number of nitrogens with zero attached hydrogens (tertiary/aromatic N) is 5.